The lowest BCUT2D eigenvalue weighted by atomic mass is 10.2. The van der Waals surface area contributed by atoms with Crippen molar-refractivity contribution in [2.75, 3.05) is 11.9 Å². The van der Waals surface area contributed by atoms with Gasteiger partial charge in [-0.15, -0.1) is 0 Å². The van der Waals surface area contributed by atoms with Crippen LogP contribution in [0.1, 0.15) is 38.7 Å². The van der Waals surface area contributed by atoms with Crippen LogP contribution in [-0.2, 0) is 0 Å². The smallest absolute Gasteiger partial charge is 0.0408 e. The maximum atomic E-state index is 2.35. The summed E-state index contributed by atoms with van der Waals surface area (Å²) in [6.07, 6.45) is 25.3. The summed E-state index contributed by atoms with van der Waals surface area (Å²) in [6.45, 7) is 6.08. The van der Waals surface area contributed by atoms with E-state index in [9.17, 15) is 0 Å². The van der Waals surface area contributed by atoms with E-state index in [0.29, 0.717) is 0 Å². The highest BCUT2D eigenvalue weighted by Crippen LogP contribution is 2.41. The quantitative estimate of drug-likeness (QED) is 0.314. The third kappa shape index (κ3) is 12.9. The molecule has 0 saturated heterocycles. The summed E-state index contributed by atoms with van der Waals surface area (Å²) in [5.74, 6) is 1.85. The van der Waals surface area contributed by atoms with E-state index in [-0.39, 0.29) is 0 Å². The number of anilines is 2. The number of aryl methyl sites for hydroxylation is 1. The van der Waals surface area contributed by atoms with Crippen LogP contribution in [0.25, 0.3) is 0 Å². The van der Waals surface area contributed by atoms with E-state index in [1.165, 1.54) is 23.4 Å². The molecule has 0 radical (unpaired) electrons. The Labute approximate surface area is 232 Å². The highest BCUT2D eigenvalue weighted by atomic mass is 15.1. The number of benzene rings is 3. The maximum absolute atomic E-state index is 2.35. The number of hydrogen-bond donors (Lipinski definition) is 0. The van der Waals surface area contributed by atoms with Crippen molar-refractivity contribution < 1.29 is 0 Å². The predicted molar refractivity (Wildman–Crippen MR) is 170 cm³/mol. The van der Waals surface area contributed by atoms with Gasteiger partial charge in [-0.05, 0) is 62.3 Å². The third-order valence-corrected chi connectivity index (χ3v) is 6.03. The van der Waals surface area contributed by atoms with E-state index in [1.54, 1.807) is 0 Å². The predicted octanol–water partition coefficient (Wildman–Crippen LogP) is 10.7. The topological polar surface area (TPSA) is 3.24 Å². The summed E-state index contributed by atoms with van der Waals surface area (Å²) in [4.78, 5) is 2.17. The first-order chi connectivity index (χ1) is 18.7. The van der Waals surface area contributed by atoms with Gasteiger partial charge in [-0.3, -0.25) is 0 Å². The van der Waals surface area contributed by atoms with Gasteiger partial charge in [0.1, 0.15) is 0 Å². The van der Waals surface area contributed by atoms with Gasteiger partial charge in [-0.2, -0.15) is 0 Å². The highest BCUT2D eigenvalue weighted by Gasteiger charge is 2.32. The fourth-order valence-corrected chi connectivity index (χ4v) is 3.77. The Morgan fingerprint density at radius 3 is 1.32 bits per heavy atom. The second-order valence-electron chi connectivity index (χ2n) is 9.02. The lowest BCUT2D eigenvalue weighted by Gasteiger charge is -2.18. The van der Waals surface area contributed by atoms with Crippen LogP contribution < -0.4 is 4.90 Å². The van der Waals surface area contributed by atoms with E-state index in [0.717, 1.165) is 24.7 Å². The van der Waals surface area contributed by atoms with E-state index in [4.69, 9.17) is 0 Å². The van der Waals surface area contributed by atoms with Crippen molar-refractivity contribution in [3.05, 3.63) is 157 Å². The summed E-state index contributed by atoms with van der Waals surface area (Å²) >= 11 is 0. The molecular weight excluding hydrogens is 458 g/mol. The summed E-state index contributed by atoms with van der Waals surface area (Å²) in [7, 11) is 2.07. The normalized spacial score (nSPS) is 17.2. The van der Waals surface area contributed by atoms with E-state index < -0.39 is 0 Å². The van der Waals surface area contributed by atoms with Gasteiger partial charge in [-0.25, -0.2) is 0 Å². The minimum Gasteiger partial charge on any atom is -0.345 e. The standard InChI is InChI=1S/C13H13N.C8H10.2C7H8.C2H6/c1-14(12-8-4-2-5-9-12)13-10-6-3-7-11-13;1-2-4-7-6-8(7)5-3-1;1-7-5-3-2-4-6-7;1-2-4-6-7-5-3-1;1-2/h2-11H,1H3;2-5,7-8H,1,6H2;2-6H,1H3;1-6H,7H2;1-2H3. The minimum atomic E-state index is 0.925. The Kier molecular flexibility index (Phi) is 15.4. The zero-order valence-corrected chi connectivity index (χ0v) is 23.7. The molecule has 1 heteroatoms. The average molecular weight is 504 g/mol. The summed E-state index contributed by atoms with van der Waals surface area (Å²) in [5.41, 5.74) is 3.74. The third-order valence-electron chi connectivity index (χ3n) is 6.03. The molecule has 0 aliphatic heterocycles. The van der Waals surface area contributed by atoms with Crippen molar-refractivity contribution in [1.82, 2.24) is 0 Å². The molecule has 0 amide bonds. The second kappa shape index (κ2) is 19.3. The molecule has 1 fully saturated rings. The molecule has 1 nitrogen and oxygen atoms in total. The Bertz CT molecular complexity index is 1050. The van der Waals surface area contributed by atoms with Gasteiger partial charge < -0.3 is 4.90 Å². The van der Waals surface area contributed by atoms with Crippen LogP contribution in [0.15, 0.2) is 152 Å². The van der Waals surface area contributed by atoms with Crippen LogP contribution in [0.4, 0.5) is 11.4 Å². The molecule has 3 aliphatic rings. The number of hydrogen-bond acceptors (Lipinski definition) is 1. The number of fused-ring (bicyclic) bond motifs is 1. The molecule has 0 bridgehead atoms. The molecule has 0 heterocycles. The first kappa shape index (κ1) is 30.4. The molecule has 3 aliphatic carbocycles. The van der Waals surface area contributed by atoms with Gasteiger partial charge in [0, 0.05) is 18.4 Å². The molecule has 6 rings (SSSR count). The van der Waals surface area contributed by atoms with E-state index in [1.807, 2.05) is 56.3 Å². The summed E-state index contributed by atoms with van der Waals surface area (Å²) in [6, 6.07) is 30.9. The Hall–Kier alpha value is -3.84. The van der Waals surface area contributed by atoms with Crippen LogP contribution in [-0.4, -0.2) is 7.05 Å². The Morgan fingerprint density at radius 1 is 0.526 bits per heavy atom. The van der Waals surface area contributed by atoms with E-state index in [2.05, 4.69) is 128 Å². The number of para-hydroxylation sites is 2. The molecule has 1 saturated carbocycles. The fourth-order valence-electron chi connectivity index (χ4n) is 3.77. The zero-order chi connectivity index (χ0) is 27.3. The summed E-state index contributed by atoms with van der Waals surface area (Å²) in [5, 5.41) is 0. The molecule has 38 heavy (non-hydrogen) atoms. The number of nitrogens with zero attached hydrogens (tertiary/aromatic N) is 1. The van der Waals surface area contributed by atoms with Gasteiger partial charge in [0.25, 0.3) is 0 Å². The highest BCUT2D eigenvalue weighted by molar-refractivity contribution is 5.61. The molecule has 0 aromatic heterocycles. The monoisotopic (exact) mass is 503 g/mol. The largest absolute Gasteiger partial charge is 0.345 e. The molecule has 0 N–H and O–H groups in total. The molecule has 2 atom stereocenters. The van der Waals surface area contributed by atoms with Crippen molar-refractivity contribution in [3.63, 3.8) is 0 Å². The van der Waals surface area contributed by atoms with Crippen LogP contribution in [0.2, 0.25) is 0 Å². The van der Waals surface area contributed by atoms with Crippen molar-refractivity contribution >= 4 is 11.4 Å². The first-order valence-electron chi connectivity index (χ1n) is 13.9. The van der Waals surface area contributed by atoms with Crippen molar-refractivity contribution in [1.29, 1.82) is 0 Å². The van der Waals surface area contributed by atoms with Crippen LogP contribution in [0.3, 0.4) is 0 Å². The van der Waals surface area contributed by atoms with Crippen molar-refractivity contribution in [3.8, 4) is 0 Å². The van der Waals surface area contributed by atoms with E-state index >= 15 is 0 Å². The van der Waals surface area contributed by atoms with Crippen LogP contribution in [0.5, 0.6) is 0 Å². The van der Waals surface area contributed by atoms with Crippen molar-refractivity contribution in [2.24, 2.45) is 11.8 Å². The minimum absolute atomic E-state index is 0.925. The number of rotatable bonds is 2. The Morgan fingerprint density at radius 2 is 0.921 bits per heavy atom. The second-order valence-corrected chi connectivity index (χ2v) is 9.02. The van der Waals surface area contributed by atoms with Crippen LogP contribution in [0, 0.1) is 18.8 Å². The van der Waals surface area contributed by atoms with Crippen molar-refractivity contribution in [2.45, 2.75) is 40.0 Å². The summed E-state index contributed by atoms with van der Waals surface area (Å²) < 4.78 is 0. The van der Waals surface area contributed by atoms with Gasteiger partial charge >= 0.3 is 0 Å². The van der Waals surface area contributed by atoms with Gasteiger partial charge in [0.15, 0.2) is 0 Å². The van der Waals surface area contributed by atoms with Gasteiger partial charge in [0.2, 0.25) is 0 Å². The van der Waals surface area contributed by atoms with Gasteiger partial charge in [0.05, 0.1) is 0 Å². The van der Waals surface area contributed by atoms with Gasteiger partial charge in [-0.1, -0.05) is 147 Å². The fraction of sp³-hybridized carbons (Fsp3) is 0.243. The molecule has 198 valence electrons. The SMILES string of the molecule is C1=CC2CC2C=CC1.C1=CC=CCC=C1.CC.CN(c1ccccc1)c1ccccc1.Cc1ccccc1. The Balaban J connectivity index is 0.000000183. The lowest BCUT2D eigenvalue weighted by Crippen LogP contribution is -2.08. The molecule has 3 aromatic rings. The molecule has 0 spiro atoms. The lowest BCUT2D eigenvalue weighted by molar-refractivity contribution is 1.00. The number of allylic oxidation sites excluding steroid dienone is 10. The zero-order valence-electron chi connectivity index (χ0n) is 23.7. The molecule has 3 aromatic carbocycles. The van der Waals surface area contributed by atoms with Crippen LogP contribution >= 0.6 is 0 Å². The average Bonchev–Trinajstić information content (AvgIpc) is 3.81. The maximum Gasteiger partial charge on any atom is 0.0408 e. The molecular formula is C37H45N. The first-order valence-corrected chi connectivity index (χ1v) is 13.9. The molecule has 2 unspecified atom stereocenters.